The van der Waals surface area contributed by atoms with E-state index in [9.17, 15) is 36.8 Å². The number of hydrogen-bond acceptors (Lipinski definition) is 10. The summed E-state index contributed by atoms with van der Waals surface area (Å²) in [5, 5.41) is 8.85. The number of hydrogen-bond donors (Lipinski definition) is 4. The number of nitrogens with one attached hydrogen (secondary N) is 4. The van der Waals surface area contributed by atoms with Crippen molar-refractivity contribution in [1.29, 1.82) is 0 Å². The molecule has 2 saturated carbocycles. The average Bonchev–Trinajstić information content (AvgIpc) is 3.95. The molecule has 5 amide bonds. The van der Waals surface area contributed by atoms with E-state index in [1.807, 2.05) is 12.2 Å². The fraction of sp³-hybridized carbons (Fsp3) is 0.548. The van der Waals surface area contributed by atoms with Crippen LogP contribution in [0, 0.1) is 11.7 Å². The smallest absolute Gasteiger partial charge is 0.412 e. The largest absolute Gasteiger partial charge is 0.444 e. The number of sulfonamides is 1. The van der Waals surface area contributed by atoms with Crippen molar-refractivity contribution in [3.8, 4) is 0 Å². The highest BCUT2D eigenvalue weighted by molar-refractivity contribution is 7.91. The highest BCUT2D eigenvalue weighted by Gasteiger charge is 2.63. The van der Waals surface area contributed by atoms with Crippen LogP contribution in [0.3, 0.4) is 0 Å². The average molecular weight is 837 g/mol. The van der Waals surface area contributed by atoms with E-state index < -0.39 is 85.7 Å². The molecule has 3 aliphatic heterocycles. The van der Waals surface area contributed by atoms with Gasteiger partial charge in [0.05, 0.1) is 17.8 Å². The maximum atomic E-state index is 14.7. The van der Waals surface area contributed by atoms with Crippen LogP contribution in [-0.4, -0.2) is 88.7 Å². The molecule has 2 aliphatic carbocycles. The molecule has 0 radical (unpaired) electrons. The minimum Gasteiger partial charge on any atom is -0.444 e. The predicted molar refractivity (Wildman–Crippen MR) is 216 cm³/mol. The lowest BCUT2D eigenvalue weighted by molar-refractivity contribution is -0.140. The van der Waals surface area contributed by atoms with Crippen LogP contribution in [0.5, 0.6) is 0 Å². The van der Waals surface area contributed by atoms with Crippen molar-refractivity contribution in [1.82, 2.24) is 19.8 Å². The molecule has 17 heteroatoms. The van der Waals surface area contributed by atoms with E-state index in [-0.39, 0.29) is 32.5 Å². The van der Waals surface area contributed by atoms with Crippen molar-refractivity contribution in [2.24, 2.45) is 5.92 Å². The van der Waals surface area contributed by atoms with Crippen LogP contribution in [-0.2, 0) is 47.0 Å². The van der Waals surface area contributed by atoms with Crippen LogP contribution >= 0.6 is 0 Å². The number of carbonyl (C=O) groups is 5. The molecule has 3 fully saturated rings. The lowest BCUT2D eigenvalue weighted by Gasteiger charge is -2.30. The summed E-state index contributed by atoms with van der Waals surface area (Å²) in [6, 6.07) is 9.39. The second kappa shape index (κ2) is 16.1. The SMILES string of the molecule is CC(C)(C)OC(=O)Nc1ccc(N[C@H]2CCCCC/C=C\[C@H]3C[C@@]3(C(=O)NS(=O)(=O)C3(C)CC3)NC(=O)[C@@H]3C[C@@H](OC(=O)N4Cc5cccc(F)c5C4)CN3C2=O)cc1. The quantitative estimate of drug-likeness (QED) is 0.260. The third kappa shape index (κ3) is 9.34. The maximum Gasteiger partial charge on any atom is 0.412 e. The molecule has 5 atom stereocenters. The molecule has 2 aromatic rings. The number of benzene rings is 2. The molecule has 0 bridgehead atoms. The number of halogens is 1. The van der Waals surface area contributed by atoms with Crippen molar-refractivity contribution in [3.63, 3.8) is 0 Å². The molecule has 7 rings (SSSR count). The van der Waals surface area contributed by atoms with E-state index in [1.54, 1.807) is 64.1 Å². The van der Waals surface area contributed by atoms with E-state index >= 15 is 0 Å². The fourth-order valence-corrected chi connectivity index (χ4v) is 9.26. The minimum absolute atomic E-state index is 0.00664. The Kier molecular flexibility index (Phi) is 11.5. The molecule has 1 saturated heterocycles. The molecule has 15 nitrogen and oxygen atoms in total. The molecule has 2 aromatic carbocycles. The zero-order valence-corrected chi connectivity index (χ0v) is 34.7. The van der Waals surface area contributed by atoms with Gasteiger partial charge in [-0.1, -0.05) is 37.1 Å². The van der Waals surface area contributed by atoms with Crippen molar-refractivity contribution in [2.45, 2.75) is 133 Å². The van der Waals surface area contributed by atoms with Crippen molar-refractivity contribution >= 4 is 51.3 Å². The van der Waals surface area contributed by atoms with Crippen LogP contribution < -0.4 is 20.7 Å². The maximum absolute atomic E-state index is 14.7. The summed E-state index contributed by atoms with van der Waals surface area (Å²) < 4.78 is 53.3. The lowest BCUT2D eigenvalue weighted by Crippen LogP contribution is -2.58. The van der Waals surface area contributed by atoms with Crippen molar-refractivity contribution in [2.75, 3.05) is 17.2 Å². The Morgan fingerprint density at radius 3 is 2.41 bits per heavy atom. The van der Waals surface area contributed by atoms with Gasteiger partial charge in [0.15, 0.2) is 0 Å². The molecule has 0 aromatic heterocycles. The summed E-state index contributed by atoms with van der Waals surface area (Å²) in [5.74, 6) is -2.85. The predicted octanol–water partition coefficient (Wildman–Crippen LogP) is 5.47. The normalized spacial score (nSPS) is 27.1. The number of allylic oxidation sites excluding steroid dienone is 1. The standard InChI is InChI=1S/C42H53FN6O9S/c1-40(2,3)58-38(53)45-29-17-15-28(16-18-29)44-33-14-9-7-5-6-8-12-27-22-42(27,37(52)47-59(55,56)41(4)19-20-41)46-35(50)34-21-30(24-49(34)36(33)51)57-39(54)48-23-26-11-10-13-32(43)31(26)25-48/h8,10-13,15-18,27,30,33-34,44H,5-7,9,14,19-25H2,1-4H3,(H,45,53)(H,46,50)(H,47,52)/b12-8-/t27-,30+,33-,34-,42+/m0/s1. The Morgan fingerprint density at radius 1 is 0.983 bits per heavy atom. The van der Waals surface area contributed by atoms with Gasteiger partial charge in [0.1, 0.15) is 35.1 Å². The summed E-state index contributed by atoms with van der Waals surface area (Å²) in [6.45, 7) is 6.86. The van der Waals surface area contributed by atoms with Gasteiger partial charge in [0.2, 0.25) is 21.8 Å². The zero-order chi connectivity index (χ0) is 42.3. The monoisotopic (exact) mass is 836 g/mol. The number of fused-ring (bicyclic) bond motifs is 3. The minimum atomic E-state index is -4.02. The second-order valence-electron chi connectivity index (χ2n) is 17.6. The fourth-order valence-electron chi connectivity index (χ4n) is 7.95. The van der Waals surface area contributed by atoms with Gasteiger partial charge in [-0.3, -0.25) is 29.3 Å². The summed E-state index contributed by atoms with van der Waals surface area (Å²) in [4.78, 5) is 71.5. The lowest BCUT2D eigenvalue weighted by atomic mass is 10.0. The Balaban J connectivity index is 1.13. The van der Waals surface area contributed by atoms with E-state index in [2.05, 4.69) is 20.7 Å². The Bertz CT molecular complexity index is 2140. The number of rotatable bonds is 7. The van der Waals surface area contributed by atoms with Gasteiger partial charge in [-0.2, -0.15) is 0 Å². The summed E-state index contributed by atoms with van der Waals surface area (Å²) >= 11 is 0. The molecule has 0 unspecified atom stereocenters. The number of carbonyl (C=O) groups excluding carboxylic acids is 5. The van der Waals surface area contributed by atoms with Crippen molar-refractivity contribution < 1.29 is 46.3 Å². The first-order valence-corrected chi connectivity index (χ1v) is 21.8. The van der Waals surface area contributed by atoms with Crippen LogP contribution in [0.25, 0.3) is 0 Å². The first kappa shape index (κ1) is 42.0. The molecular weight excluding hydrogens is 784 g/mol. The molecule has 3 heterocycles. The van der Waals surface area contributed by atoms with E-state index in [4.69, 9.17) is 9.47 Å². The van der Waals surface area contributed by atoms with Gasteiger partial charge >= 0.3 is 12.2 Å². The molecule has 318 valence electrons. The molecule has 59 heavy (non-hydrogen) atoms. The Labute approximate surface area is 343 Å². The molecule has 5 aliphatic rings. The van der Waals surface area contributed by atoms with Gasteiger partial charge < -0.3 is 25.0 Å². The highest BCUT2D eigenvalue weighted by atomic mass is 32.2. The van der Waals surface area contributed by atoms with Gasteiger partial charge in [-0.15, -0.1) is 0 Å². The Hall–Kier alpha value is -5.19. The molecular formula is C42H53FN6O9S. The van der Waals surface area contributed by atoms with Gasteiger partial charge in [-0.05, 0) is 102 Å². The van der Waals surface area contributed by atoms with E-state index in [1.165, 1.54) is 15.9 Å². The number of nitrogens with zero attached hydrogens (tertiary/aromatic N) is 2. The first-order valence-electron chi connectivity index (χ1n) is 20.3. The van der Waals surface area contributed by atoms with E-state index in [0.29, 0.717) is 54.6 Å². The summed E-state index contributed by atoms with van der Waals surface area (Å²) in [6.07, 6.45) is 5.75. The number of amides is 5. The van der Waals surface area contributed by atoms with Crippen LogP contribution in [0.4, 0.5) is 25.4 Å². The van der Waals surface area contributed by atoms with E-state index in [0.717, 1.165) is 12.8 Å². The van der Waals surface area contributed by atoms with Gasteiger partial charge in [-0.25, -0.2) is 22.4 Å². The second-order valence-corrected chi connectivity index (χ2v) is 19.8. The third-order valence-electron chi connectivity index (χ3n) is 11.8. The molecule has 4 N–H and O–H groups in total. The highest BCUT2D eigenvalue weighted by Crippen LogP contribution is 2.47. The van der Waals surface area contributed by atoms with Gasteiger partial charge in [0.25, 0.3) is 5.91 Å². The number of anilines is 2. The number of ether oxygens (including phenoxy) is 2. The molecule has 0 spiro atoms. The summed E-state index contributed by atoms with van der Waals surface area (Å²) in [5.41, 5.74) is -0.135. The summed E-state index contributed by atoms with van der Waals surface area (Å²) in [7, 11) is -4.02. The van der Waals surface area contributed by atoms with Crippen LogP contribution in [0.2, 0.25) is 0 Å². The van der Waals surface area contributed by atoms with Crippen LogP contribution in [0.1, 0.15) is 96.6 Å². The van der Waals surface area contributed by atoms with Gasteiger partial charge in [0, 0.05) is 35.8 Å². The third-order valence-corrected chi connectivity index (χ3v) is 14.0. The first-order chi connectivity index (χ1) is 27.9. The Morgan fingerprint density at radius 2 is 1.71 bits per heavy atom. The van der Waals surface area contributed by atoms with Crippen LogP contribution in [0.15, 0.2) is 54.6 Å². The topological polar surface area (TPSA) is 193 Å². The zero-order valence-electron chi connectivity index (χ0n) is 33.8. The van der Waals surface area contributed by atoms with Crippen molar-refractivity contribution in [3.05, 3.63) is 71.6 Å².